The molecule has 0 radical (unpaired) electrons. The number of carbonyl (C=O) groups excluding carboxylic acids is 2. The van der Waals surface area contributed by atoms with Gasteiger partial charge in [0.2, 0.25) is 0 Å². The van der Waals surface area contributed by atoms with Crippen LogP contribution in [0.1, 0.15) is 27.4 Å². The van der Waals surface area contributed by atoms with Gasteiger partial charge in [0, 0.05) is 6.08 Å². The molecular formula is C18H20N2O5. The van der Waals surface area contributed by atoms with E-state index in [2.05, 4.69) is 10.9 Å². The maximum Gasteiger partial charge on any atom is 0.273 e. The summed E-state index contributed by atoms with van der Waals surface area (Å²) in [7, 11) is 3.08. The topological polar surface area (TPSA) is 89.8 Å². The molecular weight excluding hydrogens is 324 g/mol. The number of hydrazine groups is 1. The maximum atomic E-state index is 12.0. The van der Waals surface area contributed by atoms with E-state index in [1.165, 1.54) is 13.2 Å². The van der Waals surface area contributed by atoms with Gasteiger partial charge in [0.15, 0.2) is 11.5 Å². The summed E-state index contributed by atoms with van der Waals surface area (Å²) in [5.74, 6) is 1.36. The van der Waals surface area contributed by atoms with Gasteiger partial charge in [-0.1, -0.05) is 6.07 Å². The SMILES string of the molecule is COc1ccc(C=CC(=O)NNC(=O)c2cc(C)oc2C)cc1OC. The number of furan rings is 1. The first-order chi connectivity index (χ1) is 11.9. The molecule has 25 heavy (non-hydrogen) atoms. The van der Waals surface area contributed by atoms with Gasteiger partial charge in [0.25, 0.3) is 11.8 Å². The van der Waals surface area contributed by atoms with E-state index in [0.717, 1.165) is 5.56 Å². The summed E-state index contributed by atoms with van der Waals surface area (Å²) in [6.45, 7) is 3.43. The molecule has 1 heterocycles. The van der Waals surface area contributed by atoms with Gasteiger partial charge in [-0.2, -0.15) is 0 Å². The molecule has 0 bridgehead atoms. The average molecular weight is 344 g/mol. The van der Waals surface area contributed by atoms with Gasteiger partial charge >= 0.3 is 0 Å². The predicted octanol–water partition coefficient (Wildman–Crippen LogP) is 2.39. The summed E-state index contributed by atoms with van der Waals surface area (Å²) in [4.78, 5) is 23.8. The van der Waals surface area contributed by atoms with E-state index in [9.17, 15) is 9.59 Å². The number of carbonyl (C=O) groups is 2. The normalized spacial score (nSPS) is 10.6. The van der Waals surface area contributed by atoms with Crippen LogP contribution in [0.3, 0.4) is 0 Å². The van der Waals surface area contributed by atoms with Crippen LogP contribution < -0.4 is 20.3 Å². The van der Waals surface area contributed by atoms with E-state index in [1.54, 1.807) is 51.3 Å². The van der Waals surface area contributed by atoms with E-state index in [4.69, 9.17) is 13.9 Å². The highest BCUT2D eigenvalue weighted by Crippen LogP contribution is 2.27. The summed E-state index contributed by atoms with van der Waals surface area (Å²) >= 11 is 0. The van der Waals surface area contributed by atoms with Crippen LogP contribution in [0.4, 0.5) is 0 Å². The lowest BCUT2D eigenvalue weighted by Gasteiger charge is -2.07. The highest BCUT2D eigenvalue weighted by molar-refractivity contribution is 5.98. The Morgan fingerprint density at radius 1 is 1.04 bits per heavy atom. The number of nitrogens with one attached hydrogen (secondary N) is 2. The molecule has 0 spiro atoms. The smallest absolute Gasteiger partial charge is 0.273 e. The molecule has 0 unspecified atom stereocenters. The third-order valence-electron chi connectivity index (χ3n) is 3.42. The summed E-state index contributed by atoms with van der Waals surface area (Å²) < 4.78 is 15.6. The van der Waals surface area contributed by atoms with Crippen LogP contribution in [0.2, 0.25) is 0 Å². The van der Waals surface area contributed by atoms with Crippen molar-refractivity contribution in [3.05, 3.63) is 53.0 Å². The van der Waals surface area contributed by atoms with Crippen molar-refractivity contribution in [2.45, 2.75) is 13.8 Å². The Kier molecular flexibility index (Phi) is 5.84. The predicted molar refractivity (Wildman–Crippen MR) is 92.4 cm³/mol. The zero-order chi connectivity index (χ0) is 18.4. The molecule has 7 nitrogen and oxygen atoms in total. The van der Waals surface area contributed by atoms with Gasteiger partial charge in [0.1, 0.15) is 11.5 Å². The number of amides is 2. The standard InChI is InChI=1S/C18H20N2O5/c1-11-9-14(12(2)25-11)18(22)20-19-17(21)8-6-13-5-7-15(23-3)16(10-13)24-4/h5-10H,1-4H3,(H,19,21)(H,20,22). The minimum absolute atomic E-state index is 0.377. The monoisotopic (exact) mass is 344 g/mol. The Morgan fingerprint density at radius 2 is 1.76 bits per heavy atom. The van der Waals surface area contributed by atoms with Gasteiger partial charge < -0.3 is 13.9 Å². The lowest BCUT2D eigenvalue weighted by atomic mass is 10.2. The van der Waals surface area contributed by atoms with E-state index in [1.807, 2.05) is 0 Å². The van der Waals surface area contributed by atoms with Crippen LogP contribution in [-0.2, 0) is 4.79 Å². The molecule has 0 aliphatic heterocycles. The fourth-order valence-electron chi connectivity index (χ4n) is 2.21. The van der Waals surface area contributed by atoms with Crippen molar-refractivity contribution in [3.8, 4) is 11.5 Å². The van der Waals surface area contributed by atoms with Gasteiger partial charge in [-0.05, 0) is 43.7 Å². The molecule has 0 aliphatic carbocycles. The molecule has 2 amide bonds. The van der Waals surface area contributed by atoms with Crippen molar-refractivity contribution in [1.29, 1.82) is 0 Å². The highest BCUT2D eigenvalue weighted by Gasteiger charge is 2.13. The Balaban J connectivity index is 1.95. The lowest BCUT2D eigenvalue weighted by molar-refractivity contribution is -0.117. The molecule has 0 saturated heterocycles. The lowest BCUT2D eigenvalue weighted by Crippen LogP contribution is -2.40. The first-order valence-corrected chi connectivity index (χ1v) is 7.52. The number of benzene rings is 1. The second-order valence-electron chi connectivity index (χ2n) is 5.22. The number of aryl methyl sites for hydroxylation is 2. The van der Waals surface area contributed by atoms with Crippen molar-refractivity contribution in [3.63, 3.8) is 0 Å². The molecule has 7 heteroatoms. The van der Waals surface area contributed by atoms with E-state index >= 15 is 0 Å². The van der Waals surface area contributed by atoms with Crippen molar-refractivity contribution in [1.82, 2.24) is 10.9 Å². The van der Waals surface area contributed by atoms with Crippen LogP contribution in [0.25, 0.3) is 6.08 Å². The zero-order valence-electron chi connectivity index (χ0n) is 14.5. The minimum atomic E-state index is -0.471. The van der Waals surface area contributed by atoms with Crippen LogP contribution >= 0.6 is 0 Å². The zero-order valence-corrected chi connectivity index (χ0v) is 14.5. The van der Waals surface area contributed by atoms with Gasteiger partial charge in [0.05, 0.1) is 19.8 Å². The number of ether oxygens (including phenoxy) is 2. The molecule has 1 aromatic carbocycles. The summed E-state index contributed by atoms with van der Waals surface area (Å²) in [5.41, 5.74) is 5.78. The summed E-state index contributed by atoms with van der Waals surface area (Å²) in [5, 5.41) is 0. The second-order valence-corrected chi connectivity index (χ2v) is 5.22. The van der Waals surface area contributed by atoms with Crippen molar-refractivity contribution >= 4 is 17.9 Å². The van der Waals surface area contributed by atoms with Crippen LogP contribution in [-0.4, -0.2) is 26.0 Å². The molecule has 0 saturated carbocycles. The molecule has 0 aliphatic rings. The van der Waals surface area contributed by atoms with Gasteiger partial charge in [-0.3, -0.25) is 20.4 Å². The van der Waals surface area contributed by atoms with E-state index in [0.29, 0.717) is 28.6 Å². The van der Waals surface area contributed by atoms with Gasteiger partial charge in [-0.15, -0.1) is 0 Å². The Labute approximate surface area is 145 Å². The number of hydrogen-bond donors (Lipinski definition) is 2. The fraction of sp³-hybridized carbons (Fsp3) is 0.222. The van der Waals surface area contributed by atoms with Crippen LogP contribution in [0.15, 0.2) is 34.8 Å². The molecule has 0 fully saturated rings. The third-order valence-corrected chi connectivity index (χ3v) is 3.42. The number of rotatable bonds is 5. The molecule has 0 atom stereocenters. The Bertz CT molecular complexity index is 808. The van der Waals surface area contributed by atoms with E-state index < -0.39 is 11.8 Å². The maximum absolute atomic E-state index is 12.0. The van der Waals surface area contributed by atoms with Crippen molar-refractivity contribution in [2.24, 2.45) is 0 Å². The van der Waals surface area contributed by atoms with Crippen molar-refractivity contribution in [2.75, 3.05) is 14.2 Å². The quantitative estimate of drug-likeness (QED) is 0.642. The minimum Gasteiger partial charge on any atom is -0.493 e. The van der Waals surface area contributed by atoms with Crippen LogP contribution in [0.5, 0.6) is 11.5 Å². The van der Waals surface area contributed by atoms with Crippen LogP contribution in [0, 0.1) is 13.8 Å². The molecule has 2 rings (SSSR count). The first kappa shape index (κ1) is 18.1. The third kappa shape index (κ3) is 4.63. The van der Waals surface area contributed by atoms with E-state index in [-0.39, 0.29) is 0 Å². The average Bonchev–Trinajstić information content (AvgIpc) is 2.95. The Morgan fingerprint density at radius 3 is 2.36 bits per heavy atom. The number of methoxy groups -OCH3 is 2. The first-order valence-electron chi connectivity index (χ1n) is 7.52. The summed E-state index contributed by atoms with van der Waals surface area (Å²) in [6.07, 6.45) is 2.89. The second kappa shape index (κ2) is 8.05. The molecule has 2 N–H and O–H groups in total. The van der Waals surface area contributed by atoms with Gasteiger partial charge in [-0.25, -0.2) is 0 Å². The number of hydrogen-bond acceptors (Lipinski definition) is 5. The largest absolute Gasteiger partial charge is 0.493 e. The molecule has 132 valence electrons. The van der Waals surface area contributed by atoms with Crippen molar-refractivity contribution < 1.29 is 23.5 Å². The fourth-order valence-corrected chi connectivity index (χ4v) is 2.21. The molecule has 2 aromatic rings. The highest BCUT2D eigenvalue weighted by atomic mass is 16.5. The molecule has 1 aromatic heterocycles. The summed E-state index contributed by atoms with van der Waals surface area (Å²) in [6, 6.07) is 6.86. The Hall–Kier alpha value is -3.22.